The largest absolute Gasteiger partial charge is 0.497 e. The van der Waals surface area contributed by atoms with Gasteiger partial charge in [0.25, 0.3) is 5.91 Å². The molecule has 0 radical (unpaired) electrons. The zero-order valence-electron chi connectivity index (χ0n) is 16.6. The average Bonchev–Trinajstić information content (AvgIpc) is 2.78. The van der Waals surface area contributed by atoms with Gasteiger partial charge in [-0.1, -0.05) is 25.1 Å². The maximum atomic E-state index is 12.2. The van der Waals surface area contributed by atoms with Crippen molar-refractivity contribution in [3.63, 3.8) is 0 Å². The van der Waals surface area contributed by atoms with Gasteiger partial charge in [0.1, 0.15) is 23.8 Å². The molecule has 1 aromatic heterocycles. The van der Waals surface area contributed by atoms with E-state index >= 15 is 0 Å². The van der Waals surface area contributed by atoms with Crippen molar-refractivity contribution in [1.82, 2.24) is 10.3 Å². The molecule has 6 nitrogen and oxygen atoms in total. The first-order valence-corrected chi connectivity index (χ1v) is 9.55. The fourth-order valence-electron chi connectivity index (χ4n) is 2.80. The molecule has 0 saturated heterocycles. The third-order valence-corrected chi connectivity index (χ3v) is 4.39. The van der Waals surface area contributed by atoms with Gasteiger partial charge in [0.2, 0.25) is 0 Å². The van der Waals surface area contributed by atoms with E-state index in [1.54, 1.807) is 19.4 Å². The molecule has 0 fully saturated rings. The normalized spacial score (nSPS) is 10.3. The number of rotatable bonds is 9. The molecule has 29 heavy (non-hydrogen) atoms. The third kappa shape index (κ3) is 5.72. The van der Waals surface area contributed by atoms with Crippen molar-refractivity contribution < 1.29 is 14.3 Å². The van der Waals surface area contributed by atoms with E-state index in [0.717, 1.165) is 29.3 Å². The molecule has 0 atom stereocenters. The SMILES string of the molecule is CCc1ccccc1Nc1ccc(C(=O)NCCOc2ccc(OC)cc2)nc1. The first-order valence-electron chi connectivity index (χ1n) is 9.55. The minimum atomic E-state index is -0.233. The number of carbonyl (C=O) groups is 1. The molecule has 2 N–H and O–H groups in total. The number of nitrogens with one attached hydrogen (secondary N) is 2. The van der Waals surface area contributed by atoms with Gasteiger partial charge in [-0.15, -0.1) is 0 Å². The van der Waals surface area contributed by atoms with Crippen LogP contribution in [0.2, 0.25) is 0 Å². The highest BCUT2D eigenvalue weighted by Gasteiger charge is 2.07. The molecule has 0 saturated carbocycles. The summed E-state index contributed by atoms with van der Waals surface area (Å²) in [5, 5.41) is 6.15. The van der Waals surface area contributed by atoms with Gasteiger partial charge in [0, 0.05) is 5.69 Å². The van der Waals surface area contributed by atoms with Crippen molar-refractivity contribution in [3.8, 4) is 11.5 Å². The molecule has 150 valence electrons. The number of anilines is 2. The highest BCUT2D eigenvalue weighted by atomic mass is 16.5. The summed E-state index contributed by atoms with van der Waals surface area (Å²) >= 11 is 0. The number of ether oxygens (including phenoxy) is 2. The van der Waals surface area contributed by atoms with E-state index < -0.39 is 0 Å². The van der Waals surface area contributed by atoms with Crippen LogP contribution in [0.15, 0.2) is 66.9 Å². The molecule has 0 aliphatic heterocycles. The predicted octanol–water partition coefficient (Wildman–Crippen LogP) is 4.21. The molecule has 3 aromatic rings. The van der Waals surface area contributed by atoms with Crippen molar-refractivity contribution in [2.75, 3.05) is 25.6 Å². The minimum absolute atomic E-state index is 0.233. The number of nitrogens with zero attached hydrogens (tertiary/aromatic N) is 1. The second-order valence-electron chi connectivity index (χ2n) is 6.35. The molecule has 0 aliphatic rings. The van der Waals surface area contributed by atoms with Gasteiger partial charge in [-0.25, -0.2) is 4.98 Å². The van der Waals surface area contributed by atoms with E-state index in [4.69, 9.17) is 9.47 Å². The molecular weight excluding hydrogens is 366 g/mol. The van der Waals surface area contributed by atoms with Crippen molar-refractivity contribution in [2.24, 2.45) is 0 Å². The lowest BCUT2D eigenvalue weighted by Gasteiger charge is -2.11. The molecule has 1 amide bonds. The summed E-state index contributed by atoms with van der Waals surface area (Å²) < 4.78 is 10.7. The van der Waals surface area contributed by atoms with Crippen LogP contribution in [0, 0.1) is 0 Å². The Kier molecular flexibility index (Phi) is 7.05. The summed E-state index contributed by atoms with van der Waals surface area (Å²) in [4.78, 5) is 16.5. The molecule has 3 rings (SSSR count). The number of methoxy groups -OCH3 is 1. The standard InChI is InChI=1S/C23H25N3O3/c1-3-17-6-4-5-7-21(17)26-18-8-13-22(25-16-18)23(27)24-14-15-29-20-11-9-19(28-2)10-12-20/h4-13,16,26H,3,14-15H2,1-2H3,(H,24,27). The summed E-state index contributed by atoms with van der Waals surface area (Å²) in [6, 6.07) is 19.0. The molecule has 2 aromatic carbocycles. The molecule has 1 heterocycles. The number of amides is 1. The van der Waals surface area contributed by atoms with E-state index in [0.29, 0.717) is 18.8 Å². The lowest BCUT2D eigenvalue weighted by atomic mass is 10.1. The Morgan fingerprint density at radius 1 is 1.00 bits per heavy atom. The highest BCUT2D eigenvalue weighted by molar-refractivity contribution is 5.92. The maximum absolute atomic E-state index is 12.2. The second-order valence-corrected chi connectivity index (χ2v) is 6.35. The molecular formula is C23H25N3O3. The summed E-state index contributed by atoms with van der Waals surface area (Å²) in [7, 11) is 1.62. The smallest absolute Gasteiger partial charge is 0.269 e. The lowest BCUT2D eigenvalue weighted by Crippen LogP contribution is -2.28. The number of hydrogen-bond acceptors (Lipinski definition) is 5. The topological polar surface area (TPSA) is 72.5 Å². The Morgan fingerprint density at radius 3 is 2.45 bits per heavy atom. The summed E-state index contributed by atoms with van der Waals surface area (Å²) in [6.07, 6.45) is 2.60. The van der Waals surface area contributed by atoms with E-state index in [2.05, 4.69) is 28.6 Å². The predicted molar refractivity (Wildman–Crippen MR) is 114 cm³/mol. The Bertz CT molecular complexity index is 925. The highest BCUT2D eigenvalue weighted by Crippen LogP contribution is 2.21. The number of para-hydroxylation sites is 1. The van der Waals surface area contributed by atoms with Crippen LogP contribution in [0.3, 0.4) is 0 Å². The lowest BCUT2D eigenvalue weighted by molar-refractivity contribution is 0.0942. The summed E-state index contributed by atoms with van der Waals surface area (Å²) in [6.45, 7) is 2.87. The van der Waals surface area contributed by atoms with E-state index in [9.17, 15) is 4.79 Å². The van der Waals surface area contributed by atoms with Gasteiger partial charge < -0.3 is 20.1 Å². The van der Waals surface area contributed by atoms with Crippen LogP contribution in [0.5, 0.6) is 11.5 Å². The van der Waals surface area contributed by atoms with Crippen molar-refractivity contribution >= 4 is 17.3 Å². The second kappa shape index (κ2) is 10.1. The number of pyridine rings is 1. The zero-order chi connectivity index (χ0) is 20.5. The molecule has 0 bridgehead atoms. The van der Waals surface area contributed by atoms with Gasteiger partial charge in [0.15, 0.2) is 0 Å². The Balaban J connectivity index is 1.47. The molecule has 0 aliphatic carbocycles. The monoisotopic (exact) mass is 391 g/mol. The first kappa shape index (κ1) is 20.2. The summed E-state index contributed by atoms with van der Waals surface area (Å²) in [5.41, 5.74) is 3.48. The first-order chi connectivity index (χ1) is 14.2. The average molecular weight is 391 g/mol. The van der Waals surface area contributed by atoms with Crippen molar-refractivity contribution in [1.29, 1.82) is 0 Å². The van der Waals surface area contributed by atoms with Crippen LogP contribution in [-0.2, 0) is 6.42 Å². The van der Waals surface area contributed by atoms with Crippen LogP contribution in [0.1, 0.15) is 23.0 Å². The molecule has 6 heteroatoms. The van der Waals surface area contributed by atoms with Crippen LogP contribution in [0.4, 0.5) is 11.4 Å². The summed E-state index contributed by atoms with van der Waals surface area (Å²) in [5.74, 6) is 1.26. The maximum Gasteiger partial charge on any atom is 0.269 e. The van der Waals surface area contributed by atoms with Gasteiger partial charge in [-0.2, -0.15) is 0 Å². The van der Waals surface area contributed by atoms with E-state index in [1.807, 2.05) is 48.5 Å². The molecule has 0 spiro atoms. The van der Waals surface area contributed by atoms with E-state index in [1.165, 1.54) is 5.56 Å². The fraction of sp³-hybridized carbons (Fsp3) is 0.217. The third-order valence-electron chi connectivity index (χ3n) is 4.39. The van der Waals surface area contributed by atoms with Gasteiger partial charge in [-0.3, -0.25) is 4.79 Å². The minimum Gasteiger partial charge on any atom is -0.497 e. The Morgan fingerprint density at radius 2 is 1.76 bits per heavy atom. The molecule has 0 unspecified atom stereocenters. The quantitative estimate of drug-likeness (QED) is 0.535. The number of hydrogen-bond donors (Lipinski definition) is 2. The van der Waals surface area contributed by atoms with Gasteiger partial charge in [0.05, 0.1) is 25.5 Å². The van der Waals surface area contributed by atoms with Crippen molar-refractivity contribution in [3.05, 3.63) is 78.1 Å². The number of benzene rings is 2. The van der Waals surface area contributed by atoms with Gasteiger partial charge in [-0.05, 0) is 54.4 Å². The van der Waals surface area contributed by atoms with Crippen LogP contribution in [0.25, 0.3) is 0 Å². The zero-order valence-corrected chi connectivity index (χ0v) is 16.6. The van der Waals surface area contributed by atoms with Crippen LogP contribution < -0.4 is 20.1 Å². The van der Waals surface area contributed by atoms with Gasteiger partial charge >= 0.3 is 0 Å². The number of aryl methyl sites for hydroxylation is 1. The Labute approximate surface area is 170 Å². The van der Waals surface area contributed by atoms with Crippen molar-refractivity contribution in [2.45, 2.75) is 13.3 Å². The van der Waals surface area contributed by atoms with Crippen LogP contribution >= 0.6 is 0 Å². The number of aromatic nitrogens is 1. The Hall–Kier alpha value is -3.54. The fourth-order valence-corrected chi connectivity index (χ4v) is 2.80. The van der Waals surface area contributed by atoms with Crippen LogP contribution in [-0.4, -0.2) is 31.2 Å². The number of carbonyl (C=O) groups excluding carboxylic acids is 1. The van der Waals surface area contributed by atoms with E-state index in [-0.39, 0.29) is 5.91 Å².